The molecule has 2 aromatic rings. The summed E-state index contributed by atoms with van der Waals surface area (Å²) in [4.78, 5) is 0. The topological polar surface area (TPSA) is 0 Å². The lowest BCUT2D eigenvalue weighted by Crippen LogP contribution is -2.04. The van der Waals surface area contributed by atoms with E-state index in [1.54, 1.807) is 0 Å². The van der Waals surface area contributed by atoms with Crippen molar-refractivity contribution in [3.8, 4) is 0 Å². The molecule has 0 amide bonds. The van der Waals surface area contributed by atoms with Gasteiger partial charge in [-0.2, -0.15) is 26.3 Å². The van der Waals surface area contributed by atoms with Crippen LogP contribution in [-0.2, 0) is 12.4 Å². The zero-order chi connectivity index (χ0) is 21.3. The van der Waals surface area contributed by atoms with Crippen molar-refractivity contribution < 1.29 is 43.9 Å². The van der Waals surface area contributed by atoms with E-state index in [1.807, 2.05) is 0 Å². The lowest BCUT2D eigenvalue weighted by molar-refractivity contribution is -0.138. The number of hydrogen-bond donors (Lipinski definition) is 0. The van der Waals surface area contributed by atoms with Crippen LogP contribution in [0.25, 0.3) is 11.7 Å². The van der Waals surface area contributed by atoms with Gasteiger partial charge in [-0.1, -0.05) is 24.3 Å². The maximum Gasteiger partial charge on any atom is 0.416 e. The molecule has 0 N–H and O–H groups in total. The van der Waals surface area contributed by atoms with E-state index < -0.39 is 57.9 Å². The van der Waals surface area contributed by atoms with Crippen molar-refractivity contribution >= 4 is 11.7 Å². The number of benzene rings is 2. The largest absolute Gasteiger partial charge is 0.416 e. The van der Waals surface area contributed by atoms with Crippen LogP contribution in [-0.4, -0.2) is 0 Å². The highest BCUT2D eigenvalue weighted by molar-refractivity contribution is 5.71. The molecule has 0 nitrogen and oxygen atoms in total. The third-order valence-corrected chi connectivity index (χ3v) is 3.51. The van der Waals surface area contributed by atoms with Gasteiger partial charge in [0.1, 0.15) is 0 Å². The molecule has 0 aliphatic carbocycles. The average molecular weight is 414 g/mol. The quantitative estimate of drug-likeness (QED) is 0.358. The second kappa shape index (κ2) is 7.69. The fourth-order valence-corrected chi connectivity index (χ4v) is 2.06. The second-order valence-corrected chi connectivity index (χ2v) is 5.41. The first-order chi connectivity index (χ1) is 12.8. The molecule has 150 valence electrons. The molecule has 2 aromatic carbocycles. The Bertz CT molecular complexity index is 820. The number of alkyl halides is 6. The Morgan fingerprint density at radius 1 is 0.464 bits per heavy atom. The van der Waals surface area contributed by atoms with E-state index in [0.29, 0.717) is 48.5 Å². The van der Waals surface area contributed by atoms with Gasteiger partial charge in [0.2, 0.25) is 0 Å². The Labute approximate surface area is 151 Å². The van der Waals surface area contributed by atoms with Crippen molar-refractivity contribution in [1.29, 1.82) is 0 Å². The molecule has 0 heterocycles. The van der Waals surface area contributed by atoms with E-state index in [4.69, 9.17) is 0 Å². The molecule has 0 fully saturated rings. The first kappa shape index (κ1) is 21.5. The number of hydrogen-bond acceptors (Lipinski definition) is 0. The zero-order valence-electron chi connectivity index (χ0n) is 13.4. The fraction of sp³-hybridized carbons (Fsp3) is 0.111. The minimum Gasteiger partial charge on any atom is -0.203 e. The van der Waals surface area contributed by atoms with Crippen LogP contribution in [0.4, 0.5) is 43.9 Å². The van der Waals surface area contributed by atoms with Crippen molar-refractivity contribution in [2.24, 2.45) is 0 Å². The summed E-state index contributed by atoms with van der Waals surface area (Å²) in [6.45, 7) is 0. The highest BCUT2D eigenvalue weighted by atomic mass is 19.4. The Balaban J connectivity index is 2.38. The summed E-state index contributed by atoms with van der Waals surface area (Å²) < 4.78 is 130. The molecule has 0 saturated carbocycles. The van der Waals surface area contributed by atoms with Crippen LogP contribution in [0.15, 0.2) is 60.2 Å². The van der Waals surface area contributed by atoms with Gasteiger partial charge < -0.3 is 0 Å². The van der Waals surface area contributed by atoms with Gasteiger partial charge in [-0.15, -0.1) is 0 Å². The van der Waals surface area contributed by atoms with E-state index in [9.17, 15) is 43.9 Å². The van der Waals surface area contributed by atoms with E-state index in [2.05, 4.69) is 0 Å². The molecule has 28 heavy (non-hydrogen) atoms. The van der Waals surface area contributed by atoms with Gasteiger partial charge in [-0.3, -0.25) is 0 Å². The van der Waals surface area contributed by atoms with Crippen LogP contribution in [0.5, 0.6) is 0 Å². The molecule has 0 atom stereocenters. The summed E-state index contributed by atoms with van der Waals surface area (Å²) in [7, 11) is 0. The number of rotatable bonds is 3. The molecule has 0 aromatic heterocycles. The first-order valence-electron chi connectivity index (χ1n) is 7.28. The van der Waals surface area contributed by atoms with E-state index >= 15 is 0 Å². The fourth-order valence-electron chi connectivity index (χ4n) is 2.06. The van der Waals surface area contributed by atoms with Crippen LogP contribution in [0.1, 0.15) is 22.3 Å². The summed E-state index contributed by atoms with van der Waals surface area (Å²) >= 11 is 0. The normalized spacial score (nSPS) is 14.5. The molecule has 0 radical (unpaired) electrons. The second-order valence-electron chi connectivity index (χ2n) is 5.41. The van der Waals surface area contributed by atoms with Crippen LogP contribution in [0, 0.1) is 0 Å². The summed E-state index contributed by atoms with van der Waals surface area (Å²) in [5.41, 5.74) is -3.92. The Hall–Kier alpha value is -2.78. The molecule has 0 aliphatic rings. The summed E-state index contributed by atoms with van der Waals surface area (Å²) in [5.74, 6) is -8.66. The van der Waals surface area contributed by atoms with Gasteiger partial charge in [-0.05, 0) is 24.3 Å². The van der Waals surface area contributed by atoms with Gasteiger partial charge in [0.25, 0.3) is 0 Å². The molecular formula is C18H8F10. The van der Waals surface area contributed by atoms with Gasteiger partial charge in [0.05, 0.1) is 11.1 Å². The summed E-state index contributed by atoms with van der Waals surface area (Å²) in [5, 5.41) is 0. The minimum atomic E-state index is -4.74. The van der Waals surface area contributed by atoms with Crippen LogP contribution in [0.2, 0.25) is 0 Å². The van der Waals surface area contributed by atoms with Gasteiger partial charge in [-0.25, -0.2) is 17.6 Å². The van der Waals surface area contributed by atoms with Crippen molar-refractivity contribution in [1.82, 2.24) is 0 Å². The Morgan fingerprint density at radius 2 is 0.714 bits per heavy atom. The molecule has 0 unspecified atom stereocenters. The van der Waals surface area contributed by atoms with Crippen molar-refractivity contribution in [3.63, 3.8) is 0 Å². The number of halogens is 10. The molecule has 0 aliphatic heterocycles. The third-order valence-electron chi connectivity index (χ3n) is 3.51. The van der Waals surface area contributed by atoms with Gasteiger partial charge >= 0.3 is 12.4 Å². The monoisotopic (exact) mass is 414 g/mol. The van der Waals surface area contributed by atoms with Crippen molar-refractivity contribution in [2.75, 3.05) is 0 Å². The molecule has 0 spiro atoms. The minimum absolute atomic E-state index is 0.413. The first-order valence-corrected chi connectivity index (χ1v) is 7.28. The number of allylic oxidation sites excluding steroid dienone is 2. The third kappa shape index (κ3) is 4.73. The Kier molecular flexibility index (Phi) is 5.91. The van der Waals surface area contributed by atoms with Crippen molar-refractivity contribution in [2.45, 2.75) is 12.4 Å². The Morgan fingerprint density at radius 3 is 0.929 bits per heavy atom. The molecule has 2 rings (SSSR count). The van der Waals surface area contributed by atoms with Crippen LogP contribution >= 0.6 is 0 Å². The van der Waals surface area contributed by atoms with Crippen LogP contribution in [0.3, 0.4) is 0 Å². The average Bonchev–Trinajstić information content (AvgIpc) is 2.64. The lowest BCUT2D eigenvalue weighted by atomic mass is 10.1. The molecule has 10 heteroatoms. The molecule has 0 saturated heterocycles. The SMILES string of the molecule is FC(/C(F)=C(\F)c1ccc(C(F)(F)F)cc1)=C(/F)c1ccc(C(F)(F)F)cc1. The maximum absolute atomic E-state index is 13.9. The van der Waals surface area contributed by atoms with E-state index in [0.717, 1.165) is 0 Å². The zero-order valence-corrected chi connectivity index (χ0v) is 13.4. The smallest absolute Gasteiger partial charge is 0.203 e. The highest BCUT2D eigenvalue weighted by Gasteiger charge is 2.31. The van der Waals surface area contributed by atoms with E-state index in [-0.39, 0.29) is 0 Å². The lowest BCUT2D eigenvalue weighted by Gasteiger charge is -2.08. The maximum atomic E-state index is 13.9. The summed E-state index contributed by atoms with van der Waals surface area (Å²) in [6.07, 6.45) is -9.48. The predicted octanol–water partition coefficient (Wildman–Crippen LogP) is 7.64. The highest BCUT2D eigenvalue weighted by Crippen LogP contribution is 2.36. The summed E-state index contributed by atoms with van der Waals surface area (Å²) in [6, 6.07) is 3.71. The molecular weight excluding hydrogens is 406 g/mol. The predicted molar refractivity (Wildman–Crippen MR) is 81.2 cm³/mol. The van der Waals surface area contributed by atoms with Crippen molar-refractivity contribution in [3.05, 3.63) is 82.4 Å². The van der Waals surface area contributed by atoms with Crippen LogP contribution < -0.4 is 0 Å². The van der Waals surface area contributed by atoms with E-state index in [1.165, 1.54) is 0 Å². The standard InChI is InChI=1S/C18H8F10/c19-13(9-1-5-11(6-2-9)17(23,24)25)15(21)16(22)14(20)10-3-7-12(8-4-10)18(26,27)28/h1-8H/b15-13+,16-14+. The van der Waals surface area contributed by atoms with Gasteiger partial charge in [0.15, 0.2) is 23.3 Å². The molecule has 0 bridgehead atoms. The van der Waals surface area contributed by atoms with Gasteiger partial charge in [0, 0.05) is 11.1 Å².